The first-order valence-electron chi connectivity index (χ1n) is 6.85. The first kappa shape index (κ1) is 18.2. The topological polar surface area (TPSA) is 99.9 Å². The van der Waals surface area contributed by atoms with Crippen molar-refractivity contribution in [2.75, 3.05) is 20.1 Å². The van der Waals surface area contributed by atoms with Crippen molar-refractivity contribution in [3.05, 3.63) is 22.6 Å². The number of furan rings is 1. The summed E-state index contributed by atoms with van der Waals surface area (Å²) in [6.07, 6.45) is 1.21. The summed E-state index contributed by atoms with van der Waals surface area (Å²) in [7, 11) is 1.47. The molecule has 0 spiro atoms. The zero-order valence-corrected chi connectivity index (χ0v) is 14.1. The van der Waals surface area contributed by atoms with E-state index >= 15 is 0 Å². The zero-order valence-electron chi connectivity index (χ0n) is 12.5. The van der Waals surface area contributed by atoms with E-state index < -0.39 is 23.7 Å². The molecule has 0 saturated heterocycles. The van der Waals surface area contributed by atoms with E-state index in [0.717, 1.165) is 6.42 Å². The van der Waals surface area contributed by atoms with Gasteiger partial charge >= 0.3 is 5.97 Å². The van der Waals surface area contributed by atoms with Crippen LogP contribution >= 0.6 is 15.9 Å². The normalized spacial score (nSPS) is 11.8. The van der Waals surface area contributed by atoms with Crippen molar-refractivity contribution >= 4 is 33.7 Å². The Morgan fingerprint density at radius 3 is 2.59 bits per heavy atom. The molecule has 1 aromatic heterocycles. The lowest BCUT2D eigenvalue weighted by atomic mass is 10.0. The number of carbonyl (C=O) groups excluding carboxylic acids is 2. The quantitative estimate of drug-likeness (QED) is 0.721. The number of likely N-dealkylation sites (N-methyl/N-ethyl adjacent to an activating group) is 1. The summed E-state index contributed by atoms with van der Waals surface area (Å²) in [5, 5.41) is 11.5. The summed E-state index contributed by atoms with van der Waals surface area (Å²) >= 11 is 3.10. The smallest absolute Gasteiger partial charge is 0.308 e. The highest BCUT2D eigenvalue weighted by Gasteiger charge is 2.20. The molecule has 122 valence electrons. The molecule has 0 radical (unpaired) electrons. The van der Waals surface area contributed by atoms with Gasteiger partial charge in [-0.25, -0.2) is 0 Å². The van der Waals surface area contributed by atoms with Gasteiger partial charge < -0.3 is 19.7 Å². The number of nitrogens with one attached hydrogen (secondary N) is 1. The van der Waals surface area contributed by atoms with Gasteiger partial charge in [-0.2, -0.15) is 0 Å². The molecule has 0 fully saturated rings. The molecule has 0 aliphatic carbocycles. The first-order chi connectivity index (χ1) is 10.3. The van der Waals surface area contributed by atoms with Gasteiger partial charge in [0.15, 0.2) is 10.4 Å². The Bertz CT molecular complexity index is 543. The number of carbonyl (C=O) groups is 3. The van der Waals surface area contributed by atoms with Crippen LogP contribution in [-0.2, 0) is 9.59 Å². The predicted molar refractivity (Wildman–Crippen MR) is 82.4 cm³/mol. The van der Waals surface area contributed by atoms with E-state index in [1.54, 1.807) is 6.07 Å². The molecular formula is C14H19BrN2O5. The molecule has 1 atom stereocenters. The molecule has 0 bridgehead atoms. The number of hydrogen-bond acceptors (Lipinski definition) is 4. The fourth-order valence-corrected chi connectivity index (χ4v) is 2.17. The highest BCUT2D eigenvalue weighted by Crippen LogP contribution is 2.15. The van der Waals surface area contributed by atoms with Crippen LogP contribution in [0.2, 0.25) is 0 Å². The average molecular weight is 375 g/mol. The van der Waals surface area contributed by atoms with Crippen molar-refractivity contribution in [1.29, 1.82) is 0 Å². The molecule has 1 rings (SSSR count). The molecule has 2 amide bonds. The second-order valence-corrected chi connectivity index (χ2v) is 5.67. The Labute approximate surface area is 136 Å². The van der Waals surface area contributed by atoms with E-state index in [-0.39, 0.29) is 18.8 Å². The zero-order chi connectivity index (χ0) is 16.7. The van der Waals surface area contributed by atoms with Crippen LogP contribution in [0.5, 0.6) is 0 Å². The van der Waals surface area contributed by atoms with Crippen LogP contribution in [0.3, 0.4) is 0 Å². The minimum absolute atomic E-state index is 0.0519. The molecule has 1 aromatic rings. The third-order valence-corrected chi connectivity index (χ3v) is 3.47. The van der Waals surface area contributed by atoms with Crippen LogP contribution in [-0.4, -0.2) is 47.9 Å². The van der Waals surface area contributed by atoms with Crippen LogP contribution in [0.15, 0.2) is 21.2 Å². The van der Waals surface area contributed by atoms with Gasteiger partial charge in [-0.1, -0.05) is 13.3 Å². The molecule has 1 unspecified atom stereocenters. The molecular weight excluding hydrogens is 356 g/mol. The maximum Gasteiger partial charge on any atom is 0.308 e. The van der Waals surface area contributed by atoms with Crippen molar-refractivity contribution in [2.45, 2.75) is 19.8 Å². The molecule has 0 aromatic carbocycles. The van der Waals surface area contributed by atoms with Gasteiger partial charge in [0, 0.05) is 13.6 Å². The second kappa shape index (κ2) is 8.57. The summed E-state index contributed by atoms with van der Waals surface area (Å²) < 4.78 is 5.55. The van der Waals surface area contributed by atoms with Gasteiger partial charge in [-0.05, 0) is 34.5 Å². The highest BCUT2D eigenvalue weighted by molar-refractivity contribution is 9.10. The Morgan fingerprint density at radius 2 is 2.09 bits per heavy atom. The number of aliphatic carboxylic acids is 1. The first-order valence-corrected chi connectivity index (χ1v) is 7.64. The van der Waals surface area contributed by atoms with Gasteiger partial charge in [-0.3, -0.25) is 14.4 Å². The van der Waals surface area contributed by atoms with Crippen molar-refractivity contribution in [1.82, 2.24) is 10.2 Å². The standard InChI is InChI=1S/C14H19BrN2O5/c1-3-4-9(14(20)21)7-16-12(18)8-17(2)13(19)10-5-6-11(15)22-10/h5-6,9H,3-4,7-8H2,1-2H3,(H,16,18)(H,20,21). The van der Waals surface area contributed by atoms with E-state index in [0.29, 0.717) is 11.1 Å². The molecule has 2 N–H and O–H groups in total. The lowest BCUT2D eigenvalue weighted by molar-refractivity contribution is -0.142. The number of amides is 2. The summed E-state index contributed by atoms with van der Waals surface area (Å²) in [5.41, 5.74) is 0. The number of carboxylic acids is 1. The van der Waals surface area contributed by atoms with Crippen molar-refractivity contribution in [3.8, 4) is 0 Å². The van der Waals surface area contributed by atoms with Crippen LogP contribution in [0, 0.1) is 5.92 Å². The maximum atomic E-state index is 12.0. The molecule has 7 nitrogen and oxygen atoms in total. The number of rotatable bonds is 8. The molecule has 1 heterocycles. The van der Waals surface area contributed by atoms with E-state index in [1.165, 1.54) is 18.0 Å². The monoisotopic (exact) mass is 374 g/mol. The molecule has 0 aliphatic heterocycles. The number of hydrogen-bond donors (Lipinski definition) is 2. The summed E-state index contributed by atoms with van der Waals surface area (Å²) in [6, 6.07) is 3.09. The van der Waals surface area contributed by atoms with Crippen LogP contribution in [0.25, 0.3) is 0 Å². The Morgan fingerprint density at radius 1 is 1.41 bits per heavy atom. The van der Waals surface area contributed by atoms with E-state index in [4.69, 9.17) is 9.52 Å². The fourth-order valence-electron chi connectivity index (χ4n) is 1.86. The lowest BCUT2D eigenvalue weighted by Crippen LogP contribution is -2.41. The second-order valence-electron chi connectivity index (χ2n) is 4.89. The third-order valence-electron chi connectivity index (χ3n) is 3.04. The van der Waals surface area contributed by atoms with E-state index in [1.807, 2.05) is 6.92 Å². The minimum Gasteiger partial charge on any atom is -0.481 e. The van der Waals surface area contributed by atoms with Gasteiger partial charge in [0.2, 0.25) is 5.91 Å². The molecule has 8 heteroatoms. The Balaban J connectivity index is 2.47. The largest absolute Gasteiger partial charge is 0.481 e. The van der Waals surface area contributed by atoms with Crippen LogP contribution in [0.1, 0.15) is 30.3 Å². The van der Waals surface area contributed by atoms with Crippen LogP contribution in [0.4, 0.5) is 0 Å². The third kappa shape index (κ3) is 5.51. The Hall–Kier alpha value is -1.83. The molecule has 22 heavy (non-hydrogen) atoms. The predicted octanol–water partition coefficient (Wildman–Crippen LogP) is 1.73. The highest BCUT2D eigenvalue weighted by atomic mass is 79.9. The van der Waals surface area contributed by atoms with Gasteiger partial charge in [0.05, 0.1) is 12.5 Å². The number of halogens is 1. The summed E-state index contributed by atoms with van der Waals surface area (Å²) in [5.74, 6) is -2.27. The summed E-state index contributed by atoms with van der Waals surface area (Å²) in [6.45, 7) is 1.76. The minimum atomic E-state index is -0.938. The molecule has 0 aliphatic rings. The van der Waals surface area contributed by atoms with Gasteiger partial charge in [-0.15, -0.1) is 0 Å². The fraction of sp³-hybridized carbons (Fsp3) is 0.500. The van der Waals surface area contributed by atoms with Crippen molar-refractivity contribution in [2.24, 2.45) is 5.92 Å². The summed E-state index contributed by atoms with van der Waals surface area (Å²) in [4.78, 5) is 36.0. The van der Waals surface area contributed by atoms with E-state index in [9.17, 15) is 14.4 Å². The van der Waals surface area contributed by atoms with Crippen LogP contribution < -0.4 is 5.32 Å². The van der Waals surface area contributed by atoms with Crippen molar-refractivity contribution in [3.63, 3.8) is 0 Å². The SMILES string of the molecule is CCCC(CNC(=O)CN(C)C(=O)c1ccc(Br)o1)C(=O)O. The van der Waals surface area contributed by atoms with E-state index in [2.05, 4.69) is 21.2 Å². The maximum absolute atomic E-state index is 12.0. The van der Waals surface area contributed by atoms with Crippen molar-refractivity contribution < 1.29 is 23.9 Å². The van der Waals surface area contributed by atoms with Gasteiger partial charge in [0.25, 0.3) is 5.91 Å². The lowest BCUT2D eigenvalue weighted by Gasteiger charge is -2.17. The van der Waals surface area contributed by atoms with Gasteiger partial charge in [0.1, 0.15) is 0 Å². The number of carboxylic acid groups (broad SMARTS) is 1. The average Bonchev–Trinajstić information content (AvgIpc) is 2.88. The molecule has 0 saturated carbocycles. The number of nitrogens with zero attached hydrogens (tertiary/aromatic N) is 1. The Kier molecular flexibility index (Phi) is 7.10.